The predicted molar refractivity (Wildman–Crippen MR) is 113 cm³/mol. The summed E-state index contributed by atoms with van der Waals surface area (Å²) < 4.78 is 7.93. The number of aromatic nitrogens is 2. The Balaban J connectivity index is 1.83. The lowest BCUT2D eigenvalue weighted by Crippen LogP contribution is -2.23. The van der Waals surface area contributed by atoms with Crippen LogP contribution in [-0.2, 0) is 16.1 Å². The number of esters is 1. The third-order valence-corrected chi connectivity index (χ3v) is 6.21. The highest BCUT2D eigenvalue weighted by Crippen LogP contribution is 2.24. The largest absolute Gasteiger partial charge is 0.465 e. The number of ether oxygens (including phenoxy) is 1. The molecule has 4 rings (SSSR count). The minimum absolute atomic E-state index is 0.0870. The van der Waals surface area contributed by atoms with Crippen molar-refractivity contribution in [2.75, 3.05) is 6.61 Å². The van der Waals surface area contributed by atoms with Gasteiger partial charge in [0.15, 0.2) is 9.81 Å². The van der Waals surface area contributed by atoms with E-state index < -0.39 is 16.8 Å². The molecule has 0 unspecified atom stereocenters. The molecule has 0 aliphatic heterocycles. The summed E-state index contributed by atoms with van der Waals surface area (Å²) in [5.74, 6) is -1.04. The van der Waals surface area contributed by atoms with Gasteiger partial charge in [-0.25, -0.2) is 4.98 Å². The summed E-state index contributed by atoms with van der Waals surface area (Å²) in [6.07, 6.45) is 0. The molecule has 0 N–H and O–H groups in total. The van der Waals surface area contributed by atoms with E-state index in [1.54, 1.807) is 6.92 Å². The second-order valence-electron chi connectivity index (χ2n) is 6.09. The molecule has 2 aromatic carbocycles. The van der Waals surface area contributed by atoms with Gasteiger partial charge in [0.25, 0.3) is 5.69 Å². The molecule has 2 heterocycles. The molecule has 0 aliphatic rings. The summed E-state index contributed by atoms with van der Waals surface area (Å²) in [7, 11) is 0. The maximum absolute atomic E-state index is 12.7. The number of para-hydroxylation sites is 1. The summed E-state index contributed by atoms with van der Waals surface area (Å²) in [5, 5.41) is 11.3. The van der Waals surface area contributed by atoms with Crippen molar-refractivity contribution in [3.8, 4) is 0 Å². The Hall–Kier alpha value is -3.44. The maximum atomic E-state index is 12.7. The summed E-state index contributed by atoms with van der Waals surface area (Å²) >= 11 is 2.31. The van der Waals surface area contributed by atoms with Gasteiger partial charge < -0.3 is 9.30 Å². The lowest BCUT2D eigenvalue weighted by Gasteiger charge is -2.04. The molecule has 0 aliphatic carbocycles. The average molecular weight is 442 g/mol. The zero-order chi connectivity index (χ0) is 21.3. The van der Waals surface area contributed by atoms with Gasteiger partial charge in [-0.3, -0.25) is 19.7 Å². The number of hydrogen-bond donors (Lipinski definition) is 0. The molecule has 152 valence electrons. The highest BCUT2D eigenvalue weighted by Gasteiger charge is 2.17. The fourth-order valence-electron chi connectivity index (χ4n) is 2.85. The van der Waals surface area contributed by atoms with E-state index in [2.05, 4.69) is 9.98 Å². The van der Waals surface area contributed by atoms with Gasteiger partial charge in [-0.2, -0.15) is 4.99 Å². The van der Waals surface area contributed by atoms with Crippen LogP contribution >= 0.6 is 22.7 Å². The van der Waals surface area contributed by atoms with Crippen LogP contribution in [0.15, 0.2) is 47.5 Å². The topological polar surface area (TPSA) is 117 Å². The van der Waals surface area contributed by atoms with Gasteiger partial charge in [0.2, 0.25) is 0 Å². The van der Waals surface area contributed by atoms with Gasteiger partial charge in [0.05, 0.1) is 32.0 Å². The Kier molecular flexibility index (Phi) is 5.38. The number of nitrogens with zero attached hydrogens (tertiary/aromatic N) is 4. The van der Waals surface area contributed by atoms with Crippen molar-refractivity contribution in [1.29, 1.82) is 0 Å². The quantitative estimate of drug-likeness (QED) is 0.265. The van der Waals surface area contributed by atoms with Crippen molar-refractivity contribution in [2.45, 2.75) is 13.5 Å². The molecule has 11 heteroatoms. The van der Waals surface area contributed by atoms with Crippen LogP contribution in [0.5, 0.6) is 0 Å². The van der Waals surface area contributed by atoms with E-state index in [9.17, 15) is 19.7 Å². The first-order valence-corrected chi connectivity index (χ1v) is 10.5. The van der Waals surface area contributed by atoms with Crippen LogP contribution in [0.25, 0.3) is 20.4 Å². The standard InChI is InChI=1S/C19H14N4O5S2/c1-2-28-16(24)10-22-13-8-7-11(23(26)27)9-15(13)30-19(22)21-17(25)18-20-12-5-3-4-6-14(12)29-18/h3-9H,2,10H2,1H3. The Labute approximate surface area is 177 Å². The van der Waals surface area contributed by atoms with E-state index in [0.717, 1.165) is 16.0 Å². The minimum Gasteiger partial charge on any atom is -0.465 e. The van der Waals surface area contributed by atoms with Gasteiger partial charge in [0.1, 0.15) is 6.54 Å². The number of nitro benzene ring substituents is 1. The number of amides is 1. The second kappa shape index (κ2) is 8.13. The molecule has 0 atom stereocenters. The van der Waals surface area contributed by atoms with E-state index in [0.29, 0.717) is 15.7 Å². The predicted octanol–water partition coefficient (Wildman–Crippen LogP) is 3.52. The molecule has 0 radical (unpaired) electrons. The van der Waals surface area contributed by atoms with E-state index in [-0.39, 0.29) is 28.6 Å². The number of carbonyl (C=O) groups is 2. The van der Waals surface area contributed by atoms with Gasteiger partial charge >= 0.3 is 11.9 Å². The third kappa shape index (κ3) is 3.84. The van der Waals surface area contributed by atoms with Gasteiger partial charge in [0, 0.05) is 12.1 Å². The average Bonchev–Trinajstić information content (AvgIpc) is 3.29. The molecular formula is C19H14N4O5S2. The van der Waals surface area contributed by atoms with Crippen molar-refractivity contribution in [1.82, 2.24) is 9.55 Å². The van der Waals surface area contributed by atoms with E-state index in [1.807, 2.05) is 24.3 Å². The number of hydrogen-bond acceptors (Lipinski definition) is 8. The Bertz CT molecular complexity index is 1340. The van der Waals surface area contributed by atoms with Crippen LogP contribution in [-0.4, -0.2) is 33.0 Å². The number of non-ortho nitro benzene ring substituents is 1. The van der Waals surface area contributed by atoms with Crippen molar-refractivity contribution < 1.29 is 19.2 Å². The molecule has 9 nitrogen and oxygen atoms in total. The SMILES string of the molecule is CCOC(=O)Cn1c(=NC(=O)c2nc3ccccc3s2)sc2cc([N+](=O)[O-])ccc21. The summed E-state index contributed by atoms with van der Waals surface area (Å²) in [6, 6.07) is 11.6. The van der Waals surface area contributed by atoms with Crippen LogP contribution in [0.2, 0.25) is 0 Å². The first-order chi connectivity index (χ1) is 14.5. The summed E-state index contributed by atoms with van der Waals surface area (Å²) in [5.41, 5.74) is 1.16. The van der Waals surface area contributed by atoms with E-state index in [4.69, 9.17) is 4.74 Å². The van der Waals surface area contributed by atoms with E-state index in [1.165, 1.54) is 34.1 Å². The summed E-state index contributed by atoms with van der Waals surface area (Å²) in [6.45, 7) is 1.74. The number of fused-ring (bicyclic) bond motifs is 2. The molecule has 0 bridgehead atoms. The fraction of sp³-hybridized carbons (Fsp3) is 0.158. The molecule has 0 fully saturated rings. The Morgan fingerprint density at radius 3 is 2.73 bits per heavy atom. The maximum Gasteiger partial charge on any atom is 0.326 e. The molecule has 0 saturated heterocycles. The van der Waals surface area contributed by atoms with Crippen LogP contribution < -0.4 is 4.80 Å². The number of rotatable bonds is 5. The van der Waals surface area contributed by atoms with Crippen molar-refractivity contribution in [3.05, 3.63) is 62.4 Å². The van der Waals surface area contributed by atoms with Crippen LogP contribution in [0, 0.1) is 10.1 Å². The summed E-state index contributed by atoms with van der Waals surface area (Å²) in [4.78, 5) is 44.1. The smallest absolute Gasteiger partial charge is 0.326 e. The Morgan fingerprint density at radius 2 is 2.00 bits per heavy atom. The van der Waals surface area contributed by atoms with E-state index >= 15 is 0 Å². The van der Waals surface area contributed by atoms with Crippen molar-refractivity contribution >= 4 is 60.7 Å². The second-order valence-corrected chi connectivity index (χ2v) is 8.13. The van der Waals surface area contributed by atoms with Crippen LogP contribution in [0.3, 0.4) is 0 Å². The lowest BCUT2D eigenvalue weighted by molar-refractivity contribution is -0.384. The van der Waals surface area contributed by atoms with Gasteiger partial charge in [-0.1, -0.05) is 23.5 Å². The Morgan fingerprint density at radius 1 is 1.20 bits per heavy atom. The first kappa shape index (κ1) is 19.9. The zero-order valence-corrected chi connectivity index (χ0v) is 17.2. The first-order valence-electron chi connectivity index (χ1n) is 8.84. The molecule has 2 aromatic heterocycles. The van der Waals surface area contributed by atoms with Crippen LogP contribution in [0.4, 0.5) is 5.69 Å². The van der Waals surface area contributed by atoms with Crippen molar-refractivity contribution in [2.24, 2.45) is 4.99 Å². The number of benzene rings is 2. The molecule has 30 heavy (non-hydrogen) atoms. The van der Waals surface area contributed by atoms with Gasteiger partial charge in [-0.05, 0) is 25.1 Å². The number of thiazole rings is 2. The molecule has 0 spiro atoms. The van der Waals surface area contributed by atoms with Crippen molar-refractivity contribution in [3.63, 3.8) is 0 Å². The normalized spacial score (nSPS) is 11.8. The van der Waals surface area contributed by atoms with Crippen LogP contribution in [0.1, 0.15) is 16.7 Å². The fourth-order valence-corrected chi connectivity index (χ4v) is 4.76. The molecular weight excluding hydrogens is 428 g/mol. The highest BCUT2D eigenvalue weighted by molar-refractivity contribution is 7.20. The monoisotopic (exact) mass is 442 g/mol. The molecule has 0 saturated carbocycles. The lowest BCUT2D eigenvalue weighted by atomic mass is 10.3. The zero-order valence-electron chi connectivity index (χ0n) is 15.6. The number of nitro groups is 1. The molecule has 4 aromatic rings. The minimum atomic E-state index is -0.546. The number of carbonyl (C=O) groups excluding carboxylic acids is 2. The van der Waals surface area contributed by atoms with Gasteiger partial charge in [-0.15, -0.1) is 11.3 Å². The third-order valence-electron chi connectivity index (χ3n) is 4.14. The highest BCUT2D eigenvalue weighted by atomic mass is 32.1. The molecule has 1 amide bonds.